The molecule has 1 aromatic carbocycles. The van der Waals surface area contributed by atoms with Crippen LogP contribution in [-0.2, 0) is 4.79 Å². The zero-order valence-electron chi connectivity index (χ0n) is 12.3. The first-order valence-electron chi connectivity index (χ1n) is 6.81. The Morgan fingerprint density at radius 2 is 2.08 bits per heavy atom. The number of nitrogens with zero attached hydrogens (tertiary/aromatic N) is 4. The van der Waals surface area contributed by atoms with E-state index in [1.54, 1.807) is 22.7 Å². The summed E-state index contributed by atoms with van der Waals surface area (Å²) in [4.78, 5) is 22.5. The van der Waals surface area contributed by atoms with E-state index in [4.69, 9.17) is 23.2 Å². The number of nitro benzene ring substituents is 1. The fourth-order valence-corrected chi connectivity index (χ4v) is 3.27. The van der Waals surface area contributed by atoms with Gasteiger partial charge in [0.15, 0.2) is 10.8 Å². The molecule has 3 aromatic rings. The maximum Gasteiger partial charge on any atom is 0.292 e. The molecule has 128 valence electrons. The topological polar surface area (TPSA) is 102 Å². The van der Waals surface area contributed by atoms with Crippen molar-refractivity contribution in [3.8, 4) is 0 Å². The summed E-state index contributed by atoms with van der Waals surface area (Å²) in [6.45, 7) is 0. The lowest BCUT2D eigenvalue weighted by molar-refractivity contribution is -0.383. The summed E-state index contributed by atoms with van der Waals surface area (Å²) in [5.41, 5.74) is 0.385. The van der Waals surface area contributed by atoms with E-state index in [2.05, 4.69) is 15.5 Å². The number of rotatable bonds is 5. The number of fused-ring (bicyclic) bond motifs is 1. The molecule has 1 amide bonds. The van der Waals surface area contributed by atoms with Crippen LogP contribution in [0, 0.1) is 10.1 Å². The number of nitrogens with one attached hydrogen (secondary N) is 1. The fourth-order valence-electron chi connectivity index (χ4n) is 2.06. The molecule has 8 nitrogen and oxygen atoms in total. The van der Waals surface area contributed by atoms with Gasteiger partial charge in [0.05, 0.1) is 20.7 Å². The van der Waals surface area contributed by atoms with Gasteiger partial charge in [-0.3, -0.25) is 19.3 Å². The molecule has 0 bridgehead atoms. The molecule has 0 unspecified atom stereocenters. The number of benzene rings is 1. The monoisotopic (exact) mass is 397 g/mol. The van der Waals surface area contributed by atoms with Crippen LogP contribution in [0.15, 0.2) is 41.7 Å². The molecule has 3 rings (SSSR count). The van der Waals surface area contributed by atoms with Gasteiger partial charge in [-0.2, -0.15) is 0 Å². The van der Waals surface area contributed by atoms with Crippen LogP contribution >= 0.6 is 35.0 Å². The number of para-hydroxylation sites is 2. The molecular weight excluding hydrogens is 389 g/mol. The number of aromatic nitrogens is 3. The molecule has 0 saturated heterocycles. The SMILES string of the molecule is O=C(CSc1nnc2c(Cl)cc(Cl)cn12)Nc1ccccc1[N+](=O)[O-]. The average Bonchev–Trinajstić information content (AvgIpc) is 2.96. The first-order chi connectivity index (χ1) is 12.0. The Balaban J connectivity index is 1.72. The summed E-state index contributed by atoms with van der Waals surface area (Å²) in [6.07, 6.45) is 1.59. The van der Waals surface area contributed by atoms with Crippen LogP contribution in [-0.4, -0.2) is 31.2 Å². The van der Waals surface area contributed by atoms with Crippen molar-refractivity contribution in [1.29, 1.82) is 0 Å². The van der Waals surface area contributed by atoms with Crippen LogP contribution in [0.5, 0.6) is 0 Å². The van der Waals surface area contributed by atoms with Crippen molar-refractivity contribution in [3.05, 3.63) is 56.7 Å². The molecule has 0 atom stereocenters. The molecule has 2 heterocycles. The maximum absolute atomic E-state index is 12.1. The second kappa shape index (κ2) is 7.26. The van der Waals surface area contributed by atoms with Crippen molar-refractivity contribution < 1.29 is 9.72 Å². The molecule has 25 heavy (non-hydrogen) atoms. The summed E-state index contributed by atoms with van der Waals surface area (Å²) in [7, 11) is 0. The van der Waals surface area contributed by atoms with E-state index in [0.29, 0.717) is 20.8 Å². The zero-order valence-corrected chi connectivity index (χ0v) is 14.7. The molecule has 0 aliphatic carbocycles. The van der Waals surface area contributed by atoms with Crippen molar-refractivity contribution >= 4 is 57.9 Å². The second-order valence-corrected chi connectivity index (χ2v) is 6.58. The molecule has 0 saturated carbocycles. The Hall–Kier alpha value is -2.36. The van der Waals surface area contributed by atoms with Gasteiger partial charge in [0.25, 0.3) is 5.69 Å². The van der Waals surface area contributed by atoms with E-state index in [-0.39, 0.29) is 17.1 Å². The Kier molecular flexibility index (Phi) is 5.07. The van der Waals surface area contributed by atoms with Gasteiger partial charge >= 0.3 is 0 Å². The molecule has 0 spiro atoms. The van der Waals surface area contributed by atoms with Gasteiger partial charge in [0.1, 0.15) is 5.69 Å². The summed E-state index contributed by atoms with van der Waals surface area (Å²) < 4.78 is 1.58. The third-order valence-corrected chi connectivity index (χ3v) is 4.53. The molecular formula is C14H9Cl2N5O3S. The minimum atomic E-state index is -0.557. The highest BCUT2D eigenvalue weighted by atomic mass is 35.5. The number of halogens is 2. The van der Waals surface area contributed by atoms with E-state index < -0.39 is 10.8 Å². The van der Waals surface area contributed by atoms with Crippen LogP contribution in [0.2, 0.25) is 10.0 Å². The zero-order chi connectivity index (χ0) is 18.0. The normalized spacial score (nSPS) is 10.8. The minimum absolute atomic E-state index is 0.0169. The molecule has 2 aromatic heterocycles. The average molecular weight is 398 g/mol. The molecule has 0 radical (unpaired) electrons. The predicted octanol–water partition coefficient (Wildman–Crippen LogP) is 3.68. The highest BCUT2D eigenvalue weighted by molar-refractivity contribution is 7.99. The van der Waals surface area contributed by atoms with Gasteiger partial charge in [-0.15, -0.1) is 10.2 Å². The van der Waals surface area contributed by atoms with Gasteiger partial charge in [-0.1, -0.05) is 47.1 Å². The number of hydrogen-bond acceptors (Lipinski definition) is 6. The fraction of sp³-hybridized carbons (Fsp3) is 0.0714. The van der Waals surface area contributed by atoms with Crippen LogP contribution in [0.1, 0.15) is 0 Å². The Morgan fingerprint density at radius 1 is 1.32 bits per heavy atom. The summed E-state index contributed by atoms with van der Waals surface area (Å²) in [5.74, 6) is -0.430. The Morgan fingerprint density at radius 3 is 2.84 bits per heavy atom. The van der Waals surface area contributed by atoms with Crippen molar-refractivity contribution in [1.82, 2.24) is 14.6 Å². The van der Waals surface area contributed by atoms with Gasteiger partial charge in [0, 0.05) is 12.3 Å². The number of thioether (sulfide) groups is 1. The largest absolute Gasteiger partial charge is 0.320 e. The summed E-state index contributed by atoms with van der Waals surface area (Å²) in [5, 5.41) is 22.6. The lowest BCUT2D eigenvalue weighted by atomic mass is 10.2. The van der Waals surface area contributed by atoms with E-state index >= 15 is 0 Å². The number of carbonyl (C=O) groups excluding carboxylic acids is 1. The van der Waals surface area contributed by atoms with Gasteiger partial charge in [0.2, 0.25) is 5.91 Å². The third kappa shape index (κ3) is 3.84. The first-order valence-corrected chi connectivity index (χ1v) is 8.55. The van der Waals surface area contributed by atoms with Crippen LogP contribution in [0.4, 0.5) is 11.4 Å². The van der Waals surface area contributed by atoms with E-state index in [9.17, 15) is 14.9 Å². The van der Waals surface area contributed by atoms with Gasteiger partial charge in [-0.05, 0) is 12.1 Å². The first kappa shape index (κ1) is 17.5. The number of pyridine rings is 1. The van der Waals surface area contributed by atoms with Gasteiger partial charge < -0.3 is 5.32 Å². The quantitative estimate of drug-likeness (QED) is 0.400. The molecule has 1 N–H and O–H groups in total. The van der Waals surface area contributed by atoms with E-state index in [1.165, 1.54) is 18.2 Å². The summed E-state index contributed by atoms with van der Waals surface area (Å²) in [6, 6.07) is 7.46. The van der Waals surface area contributed by atoms with Crippen molar-refractivity contribution in [3.63, 3.8) is 0 Å². The van der Waals surface area contributed by atoms with Crippen molar-refractivity contribution in [2.45, 2.75) is 5.16 Å². The predicted molar refractivity (Wildman–Crippen MR) is 95.5 cm³/mol. The van der Waals surface area contributed by atoms with Crippen LogP contribution in [0.25, 0.3) is 5.65 Å². The Labute approximate surface area is 155 Å². The molecule has 11 heteroatoms. The van der Waals surface area contributed by atoms with E-state index in [0.717, 1.165) is 11.8 Å². The van der Waals surface area contributed by atoms with Crippen LogP contribution in [0.3, 0.4) is 0 Å². The lowest BCUT2D eigenvalue weighted by Gasteiger charge is -2.05. The number of hydrogen-bond donors (Lipinski definition) is 1. The minimum Gasteiger partial charge on any atom is -0.320 e. The molecule has 0 aliphatic heterocycles. The lowest BCUT2D eigenvalue weighted by Crippen LogP contribution is -2.15. The Bertz CT molecular complexity index is 978. The number of carbonyl (C=O) groups is 1. The molecule has 0 aliphatic rings. The number of amides is 1. The standard InChI is InChI=1S/C14H9Cl2N5O3S/c15-8-5-9(16)13-18-19-14(20(13)6-8)25-7-12(22)17-10-3-1-2-4-11(10)21(23)24/h1-6H,7H2,(H,17,22). The number of nitro groups is 1. The highest BCUT2D eigenvalue weighted by Crippen LogP contribution is 2.26. The molecule has 0 fully saturated rings. The van der Waals surface area contributed by atoms with E-state index in [1.807, 2.05) is 0 Å². The number of anilines is 1. The van der Waals surface area contributed by atoms with Crippen LogP contribution < -0.4 is 5.32 Å². The highest BCUT2D eigenvalue weighted by Gasteiger charge is 2.16. The summed E-state index contributed by atoms with van der Waals surface area (Å²) >= 11 is 13.1. The maximum atomic E-state index is 12.1. The van der Waals surface area contributed by atoms with Crippen molar-refractivity contribution in [2.75, 3.05) is 11.1 Å². The smallest absolute Gasteiger partial charge is 0.292 e. The van der Waals surface area contributed by atoms with Crippen molar-refractivity contribution in [2.24, 2.45) is 0 Å². The third-order valence-electron chi connectivity index (χ3n) is 3.10. The second-order valence-electron chi connectivity index (χ2n) is 4.79. The van der Waals surface area contributed by atoms with Gasteiger partial charge in [-0.25, -0.2) is 0 Å².